The fourth-order valence-corrected chi connectivity index (χ4v) is 5.82. The van der Waals surface area contributed by atoms with Crippen LogP contribution in [0.15, 0.2) is 42.5 Å². The molecule has 0 bridgehead atoms. The number of esters is 1. The fraction of sp³-hybridized carbons (Fsp3) is 0.364. The molecule has 1 heterocycles. The predicted octanol–water partition coefficient (Wildman–Crippen LogP) is 5.36. The molecule has 2 aromatic carbocycles. The van der Waals surface area contributed by atoms with Crippen LogP contribution in [0, 0.1) is 13.8 Å². The summed E-state index contributed by atoms with van der Waals surface area (Å²) in [6, 6.07) is 13.3. The number of nitrogens with one attached hydrogen (secondary N) is 1. The normalized spacial score (nSPS) is 15.7. The third kappa shape index (κ3) is 5.32. The summed E-state index contributed by atoms with van der Waals surface area (Å²) in [5, 5.41) is 2.82. The van der Waals surface area contributed by atoms with Gasteiger partial charge in [-0.15, -0.1) is 23.5 Å². The third-order valence-electron chi connectivity index (χ3n) is 4.54. The zero-order valence-corrected chi connectivity index (χ0v) is 18.0. The van der Waals surface area contributed by atoms with E-state index in [9.17, 15) is 9.59 Å². The summed E-state index contributed by atoms with van der Waals surface area (Å²) in [4.78, 5) is 24.8. The van der Waals surface area contributed by atoms with Crippen molar-refractivity contribution in [1.29, 1.82) is 0 Å². The number of carbonyl (C=O) groups excluding carboxylic acids is 2. The zero-order valence-electron chi connectivity index (χ0n) is 16.4. The third-order valence-corrected chi connectivity index (χ3v) is 7.55. The Balaban J connectivity index is 1.57. The Bertz CT molecular complexity index is 845. The van der Waals surface area contributed by atoms with Crippen LogP contribution in [-0.2, 0) is 9.53 Å². The Morgan fingerprint density at radius 3 is 2.39 bits per heavy atom. The van der Waals surface area contributed by atoms with Gasteiger partial charge >= 0.3 is 5.97 Å². The van der Waals surface area contributed by atoms with Crippen LogP contribution in [-0.4, -0.2) is 29.5 Å². The quantitative estimate of drug-likeness (QED) is 0.667. The summed E-state index contributed by atoms with van der Waals surface area (Å²) < 4.78 is 5.79. The van der Waals surface area contributed by atoms with Crippen LogP contribution < -0.4 is 5.32 Å². The molecule has 1 saturated heterocycles. The van der Waals surface area contributed by atoms with E-state index in [1.54, 1.807) is 19.1 Å². The molecule has 6 heteroatoms. The summed E-state index contributed by atoms with van der Waals surface area (Å²) in [5.74, 6) is 1.52. The molecule has 148 valence electrons. The lowest BCUT2D eigenvalue weighted by atomic mass is 10.1. The first kappa shape index (κ1) is 20.8. The van der Waals surface area contributed by atoms with Crippen LogP contribution in [0.1, 0.15) is 45.0 Å². The molecule has 0 unspecified atom stereocenters. The lowest BCUT2D eigenvalue weighted by Gasteiger charge is -2.21. The number of carbonyl (C=O) groups is 2. The highest BCUT2D eigenvalue weighted by Gasteiger charge is 2.21. The minimum absolute atomic E-state index is 0.341. The Morgan fingerprint density at radius 2 is 1.75 bits per heavy atom. The van der Waals surface area contributed by atoms with E-state index >= 15 is 0 Å². The lowest BCUT2D eigenvalue weighted by molar-refractivity contribution is -0.123. The first-order valence-corrected chi connectivity index (χ1v) is 11.5. The Labute approximate surface area is 174 Å². The van der Waals surface area contributed by atoms with Crippen LogP contribution in [0.2, 0.25) is 0 Å². The first-order valence-electron chi connectivity index (χ1n) is 9.36. The van der Waals surface area contributed by atoms with Crippen molar-refractivity contribution in [1.82, 2.24) is 0 Å². The average Bonchev–Trinajstić information content (AvgIpc) is 2.70. The van der Waals surface area contributed by atoms with Gasteiger partial charge in [0, 0.05) is 5.69 Å². The molecule has 0 radical (unpaired) electrons. The van der Waals surface area contributed by atoms with Gasteiger partial charge in [-0.3, -0.25) is 4.79 Å². The van der Waals surface area contributed by atoms with Gasteiger partial charge in [0.15, 0.2) is 6.10 Å². The maximum Gasteiger partial charge on any atom is 0.338 e. The Hall–Kier alpha value is -1.92. The van der Waals surface area contributed by atoms with E-state index in [4.69, 9.17) is 4.74 Å². The molecule has 1 atom stereocenters. The molecule has 3 rings (SSSR count). The zero-order chi connectivity index (χ0) is 20.1. The largest absolute Gasteiger partial charge is 0.449 e. The number of thioether (sulfide) groups is 2. The molecule has 1 fully saturated rings. The van der Waals surface area contributed by atoms with E-state index in [0.717, 1.165) is 16.8 Å². The molecule has 0 saturated carbocycles. The summed E-state index contributed by atoms with van der Waals surface area (Å²) >= 11 is 3.88. The van der Waals surface area contributed by atoms with Crippen molar-refractivity contribution in [3.8, 4) is 0 Å². The Morgan fingerprint density at radius 1 is 1.07 bits per heavy atom. The number of anilines is 1. The summed E-state index contributed by atoms with van der Waals surface area (Å²) in [5.41, 5.74) is 4.50. The van der Waals surface area contributed by atoms with Crippen molar-refractivity contribution in [2.24, 2.45) is 0 Å². The number of benzene rings is 2. The fourth-order valence-electron chi connectivity index (χ4n) is 2.93. The second kappa shape index (κ2) is 9.52. The summed E-state index contributed by atoms with van der Waals surface area (Å²) in [7, 11) is 0. The van der Waals surface area contributed by atoms with E-state index in [1.165, 1.54) is 23.5 Å². The maximum atomic E-state index is 12.4. The van der Waals surface area contributed by atoms with Gasteiger partial charge in [-0.25, -0.2) is 4.79 Å². The van der Waals surface area contributed by atoms with Gasteiger partial charge < -0.3 is 10.1 Å². The molecule has 1 aliphatic heterocycles. The lowest BCUT2D eigenvalue weighted by Crippen LogP contribution is -2.30. The minimum atomic E-state index is -0.877. The van der Waals surface area contributed by atoms with Gasteiger partial charge in [0.05, 0.1) is 10.1 Å². The number of hydrogen-bond donors (Lipinski definition) is 1. The van der Waals surface area contributed by atoms with E-state index in [-0.39, 0.29) is 5.91 Å². The average molecular weight is 416 g/mol. The molecule has 1 N–H and O–H groups in total. The summed E-state index contributed by atoms with van der Waals surface area (Å²) in [6.45, 7) is 5.52. The molecular weight excluding hydrogens is 390 g/mol. The highest BCUT2D eigenvalue weighted by molar-refractivity contribution is 8.16. The van der Waals surface area contributed by atoms with Gasteiger partial charge in [-0.05, 0) is 68.0 Å². The van der Waals surface area contributed by atoms with E-state index in [2.05, 4.69) is 5.32 Å². The standard InChI is InChI=1S/C22H25NO3S2/c1-14-5-10-19(15(2)13-14)23-20(24)16(3)26-21(25)17-6-8-18(9-7-17)22-27-11-4-12-28-22/h5-10,13,16,22H,4,11-12H2,1-3H3,(H,23,24)/t16-/m0/s1. The van der Waals surface area contributed by atoms with Crippen LogP contribution in [0.3, 0.4) is 0 Å². The van der Waals surface area contributed by atoms with Crippen LogP contribution in [0.4, 0.5) is 5.69 Å². The van der Waals surface area contributed by atoms with E-state index < -0.39 is 12.1 Å². The molecule has 2 aromatic rings. The molecular formula is C22H25NO3S2. The van der Waals surface area contributed by atoms with Crippen LogP contribution >= 0.6 is 23.5 Å². The smallest absolute Gasteiger partial charge is 0.338 e. The van der Waals surface area contributed by atoms with Crippen LogP contribution in [0.25, 0.3) is 0 Å². The summed E-state index contributed by atoms with van der Waals surface area (Å²) in [6.07, 6.45) is 0.371. The molecule has 4 nitrogen and oxygen atoms in total. The maximum absolute atomic E-state index is 12.4. The second-order valence-corrected chi connectivity index (χ2v) is 9.63. The molecule has 28 heavy (non-hydrogen) atoms. The molecule has 0 aliphatic carbocycles. The van der Waals surface area contributed by atoms with Crippen molar-refractivity contribution in [2.75, 3.05) is 16.8 Å². The van der Waals surface area contributed by atoms with Gasteiger partial charge in [0.25, 0.3) is 5.91 Å². The number of hydrogen-bond acceptors (Lipinski definition) is 5. The SMILES string of the molecule is Cc1ccc(NC(=O)[C@H](C)OC(=O)c2ccc(C3SCCCS3)cc2)c(C)c1. The number of ether oxygens (including phenoxy) is 1. The highest BCUT2D eigenvalue weighted by atomic mass is 32.2. The Kier molecular flexibility index (Phi) is 7.08. The number of rotatable bonds is 5. The molecule has 1 aliphatic rings. The van der Waals surface area contributed by atoms with E-state index in [1.807, 2.05) is 67.7 Å². The van der Waals surface area contributed by atoms with Gasteiger partial charge in [0.2, 0.25) is 0 Å². The molecule has 0 aromatic heterocycles. The minimum Gasteiger partial charge on any atom is -0.449 e. The molecule has 0 spiro atoms. The van der Waals surface area contributed by atoms with E-state index in [0.29, 0.717) is 10.1 Å². The topological polar surface area (TPSA) is 55.4 Å². The van der Waals surface area contributed by atoms with Crippen molar-refractivity contribution in [3.05, 3.63) is 64.7 Å². The van der Waals surface area contributed by atoms with Crippen molar-refractivity contribution < 1.29 is 14.3 Å². The van der Waals surface area contributed by atoms with Crippen LogP contribution in [0.5, 0.6) is 0 Å². The molecule has 1 amide bonds. The van der Waals surface area contributed by atoms with Gasteiger partial charge in [-0.1, -0.05) is 29.8 Å². The monoisotopic (exact) mass is 415 g/mol. The second-order valence-electron chi connectivity index (χ2n) is 6.90. The van der Waals surface area contributed by atoms with Gasteiger partial charge in [0.1, 0.15) is 0 Å². The predicted molar refractivity (Wildman–Crippen MR) is 118 cm³/mol. The number of aryl methyl sites for hydroxylation is 2. The van der Waals surface area contributed by atoms with Crippen molar-refractivity contribution >= 4 is 41.1 Å². The first-order chi connectivity index (χ1) is 13.4. The van der Waals surface area contributed by atoms with Crippen molar-refractivity contribution in [2.45, 2.75) is 37.9 Å². The number of amides is 1. The van der Waals surface area contributed by atoms with Crippen molar-refractivity contribution in [3.63, 3.8) is 0 Å². The van der Waals surface area contributed by atoms with Gasteiger partial charge in [-0.2, -0.15) is 0 Å². The highest BCUT2D eigenvalue weighted by Crippen LogP contribution is 2.43.